The van der Waals surface area contributed by atoms with Crippen LogP contribution >= 0.6 is 11.6 Å². The molecule has 2 N–H and O–H groups in total. The SMILES string of the molecule is O=C(c1cc(Cl)c[nH]1)N1CCC(OCCO)CC1. The molecule has 0 aromatic carbocycles. The third kappa shape index (κ3) is 3.25. The molecule has 1 amide bonds. The van der Waals surface area contributed by atoms with Crippen LogP contribution in [0.5, 0.6) is 0 Å². The minimum atomic E-state index is -0.0255. The molecule has 0 atom stereocenters. The molecule has 1 aromatic heterocycles. The lowest BCUT2D eigenvalue weighted by Gasteiger charge is -2.31. The molecule has 1 aliphatic rings. The van der Waals surface area contributed by atoms with Crippen molar-refractivity contribution in [2.75, 3.05) is 26.3 Å². The molecule has 18 heavy (non-hydrogen) atoms. The average Bonchev–Trinajstić information content (AvgIpc) is 2.83. The van der Waals surface area contributed by atoms with Crippen LogP contribution in [-0.2, 0) is 4.74 Å². The zero-order valence-corrected chi connectivity index (χ0v) is 10.8. The van der Waals surface area contributed by atoms with Crippen LogP contribution in [-0.4, -0.2) is 53.3 Å². The molecule has 0 unspecified atom stereocenters. The summed E-state index contributed by atoms with van der Waals surface area (Å²) in [5, 5.41) is 9.22. The second kappa shape index (κ2) is 6.22. The maximum absolute atomic E-state index is 12.1. The fourth-order valence-electron chi connectivity index (χ4n) is 2.11. The number of carbonyl (C=O) groups excluding carboxylic acids is 1. The summed E-state index contributed by atoms with van der Waals surface area (Å²) in [4.78, 5) is 16.7. The largest absolute Gasteiger partial charge is 0.394 e. The molecular formula is C12H17ClN2O3. The standard InChI is InChI=1S/C12H17ClN2O3/c13-9-7-11(14-8-9)12(17)15-3-1-10(2-4-15)18-6-5-16/h7-8,10,14,16H,1-6H2. The highest BCUT2D eigenvalue weighted by molar-refractivity contribution is 6.30. The molecule has 1 fully saturated rings. The minimum absolute atomic E-state index is 0.0255. The van der Waals surface area contributed by atoms with E-state index < -0.39 is 0 Å². The maximum atomic E-state index is 12.1. The third-order valence-electron chi connectivity index (χ3n) is 3.05. The fraction of sp³-hybridized carbons (Fsp3) is 0.583. The molecule has 0 spiro atoms. The smallest absolute Gasteiger partial charge is 0.270 e. The first-order valence-electron chi connectivity index (χ1n) is 6.06. The molecule has 100 valence electrons. The van der Waals surface area contributed by atoms with E-state index in [9.17, 15) is 4.79 Å². The Labute approximate surface area is 111 Å². The molecule has 1 aromatic rings. The van der Waals surface area contributed by atoms with Crippen molar-refractivity contribution in [1.82, 2.24) is 9.88 Å². The van der Waals surface area contributed by atoms with Crippen molar-refractivity contribution in [2.45, 2.75) is 18.9 Å². The summed E-state index contributed by atoms with van der Waals surface area (Å²) in [6, 6.07) is 1.64. The number of H-pyrrole nitrogens is 1. The average molecular weight is 273 g/mol. The van der Waals surface area contributed by atoms with E-state index in [1.54, 1.807) is 17.2 Å². The summed E-state index contributed by atoms with van der Waals surface area (Å²) < 4.78 is 5.45. The fourth-order valence-corrected chi connectivity index (χ4v) is 2.27. The number of amides is 1. The Kier molecular flexibility index (Phi) is 4.63. The van der Waals surface area contributed by atoms with E-state index >= 15 is 0 Å². The van der Waals surface area contributed by atoms with Crippen molar-refractivity contribution in [2.24, 2.45) is 0 Å². The summed E-state index contributed by atoms with van der Waals surface area (Å²) in [7, 11) is 0. The summed E-state index contributed by atoms with van der Waals surface area (Å²) in [5.74, 6) is -0.0255. The predicted molar refractivity (Wildman–Crippen MR) is 67.8 cm³/mol. The van der Waals surface area contributed by atoms with Crippen molar-refractivity contribution in [1.29, 1.82) is 0 Å². The predicted octanol–water partition coefficient (Wildman–Crippen LogP) is 1.28. The number of rotatable bonds is 4. The number of nitrogens with zero attached hydrogens (tertiary/aromatic N) is 1. The lowest BCUT2D eigenvalue weighted by Crippen LogP contribution is -2.41. The molecule has 2 rings (SSSR count). The number of carbonyl (C=O) groups is 1. The lowest BCUT2D eigenvalue weighted by atomic mass is 10.1. The number of halogens is 1. The van der Waals surface area contributed by atoms with Gasteiger partial charge in [-0.05, 0) is 18.9 Å². The Hall–Kier alpha value is -1.04. The molecular weight excluding hydrogens is 256 g/mol. The van der Waals surface area contributed by atoms with Gasteiger partial charge in [-0.2, -0.15) is 0 Å². The molecule has 6 heteroatoms. The van der Waals surface area contributed by atoms with E-state index in [-0.39, 0.29) is 18.6 Å². The Morgan fingerprint density at radius 3 is 2.83 bits per heavy atom. The number of hydrogen-bond donors (Lipinski definition) is 2. The molecule has 0 bridgehead atoms. The van der Waals surface area contributed by atoms with Crippen molar-refractivity contribution in [3.05, 3.63) is 23.0 Å². The van der Waals surface area contributed by atoms with Gasteiger partial charge in [-0.3, -0.25) is 4.79 Å². The van der Waals surface area contributed by atoms with E-state index in [0.29, 0.717) is 30.4 Å². The minimum Gasteiger partial charge on any atom is -0.394 e. The number of likely N-dealkylation sites (tertiary alicyclic amines) is 1. The summed E-state index contributed by atoms with van der Waals surface area (Å²) >= 11 is 5.78. The van der Waals surface area contributed by atoms with Crippen LogP contribution < -0.4 is 0 Å². The van der Waals surface area contributed by atoms with Crippen LogP contribution in [0.25, 0.3) is 0 Å². The van der Waals surface area contributed by atoms with Crippen molar-refractivity contribution in [3.63, 3.8) is 0 Å². The van der Waals surface area contributed by atoms with Crippen LogP contribution in [0.3, 0.4) is 0 Å². The molecule has 1 saturated heterocycles. The maximum Gasteiger partial charge on any atom is 0.270 e. The number of aliphatic hydroxyl groups is 1. The van der Waals surface area contributed by atoms with Gasteiger partial charge < -0.3 is 19.7 Å². The normalized spacial score (nSPS) is 17.1. The van der Waals surface area contributed by atoms with E-state index in [0.717, 1.165) is 12.8 Å². The summed E-state index contributed by atoms with van der Waals surface area (Å²) in [5.41, 5.74) is 0.523. The second-order valence-electron chi connectivity index (χ2n) is 4.32. The highest BCUT2D eigenvalue weighted by Crippen LogP contribution is 2.17. The molecule has 2 heterocycles. The quantitative estimate of drug-likeness (QED) is 0.868. The number of piperidine rings is 1. The zero-order valence-electron chi connectivity index (χ0n) is 10.1. The molecule has 5 nitrogen and oxygen atoms in total. The van der Waals surface area contributed by atoms with Gasteiger partial charge in [-0.25, -0.2) is 0 Å². The van der Waals surface area contributed by atoms with Crippen molar-refractivity contribution < 1.29 is 14.6 Å². The number of aromatic nitrogens is 1. The number of nitrogens with one attached hydrogen (secondary N) is 1. The summed E-state index contributed by atoms with van der Waals surface area (Å²) in [6.07, 6.45) is 3.36. The van der Waals surface area contributed by atoms with Crippen LogP contribution in [0, 0.1) is 0 Å². The van der Waals surface area contributed by atoms with Crippen LogP contribution in [0.1, 0.15) is 23.3 Å². The molecule has 0 aliphatic carbocycles. The topological polar surface area (TPSA) is 65.6 Å². The monoisotopic (exact) mass is 272 g/mol. The van der Waals surface area contributed by atoms with Crippen LogP contribution in [0.2, 0.25) is 5.02 Å². The first-order chi connectivity index (χ1) is 8.70. The van der Waals surface area contributed by atoms with Crippen LogP contribution in [0.4, 0.5) is 0 Å². The Bertz CT molecular complexity index is 400. The zero-order chi connectivity index (χ0) is 13.0. The highest BCUT2D eigenvalue weighted by Gasteiger charge is 2.24. The van der Waals surface area contributed by atoms with Gasteiger partial charge in [0.05, 0.1) is 24.3 Å². The van der Waals surface area contributed by atoms with E-state index in [1.165, 1.54) is 0 Å². The van der Waals surface area contributed by atoms with Gasteiger partial charge in [-0.15, -0.1) is 0 Å². The number of aliphatic hydroxyl groups excluding tert-OH is 1. The van der Waals surface area contributed by atoms with Gasteiger partial charge in [0.2, 0.25) is 0 Å². The van der Waals surface area contributed by atoms with E-state index in [1.807, 2.05) is 0 Å². The lowest BCUT2D eigenvalue weighted by molar-refractivity contribution is -0.00563. The Balaban J connectivity index is 1.84. The van der Waals surface area contributed by atoms with Gasteiger partial charge in [0.25, 0.3) is 5.91 Å². The Morgan fingerprint density at radius 2 is 2.28 bits per heavy atom. The first-order valence-corrected chi connectivity index (χ1v) is 6.44. The van der Waals surface area contributed by atoms with Gasteiger partial charge in [0.1, 0.15) is 5.69 Å². The third-order valence-corrected chi connectivity index (χ3v) is 3.27. The van der Waals surface area contributed by atoms with Crippen LogP contribution in [0.15, 0.2) is 12.3 Å². The van der Waals surface area contributed by atoms with Gasteiger partial charge in [-0.1, -0.05) is 11.6 Å². The van der Waals surface area contributed by atoms with E-state index in [4.69, 9.17) is 21.4 Å². The van der Waals surface area contributed by atoms with Crippen molar-refractivity contribution in [3.8, 4) is 0 Å². The van der Waals surface area contributed by atoms with Gasteiger partial charge in [0.15, 0.2) is 0 Å². The number of hydrogen-bond acceptors (Lipinski definition) is 3. The second-order valence-corrected chi connectivity index (χ2v) is 4.75. The number of aromatic amines is 1. The molecule has 0 radical (unpaired) electrons. The van der Waals surface area contributed by atoms with Gasteiger partial charge >= 0.3 is 0 Å². The first kappa shape index (κ1) is 13.4. The van der Waals surface area contributed by atoms with E-state index in [2.05, 4.69) is 4.98 Å². The van der Waals surface area contributed by atoms with Gasteiger partial charge in [0, 0.05) is 19.3 Å². The summed E-state index contributed by atoms with van der Waals surface area (Å²) in [6.45, 7) is 1.75. The molecule has 0 saturated carbocycles. The molecule has 1 aliphatic heterocycles. The Morgan fingerprint density at radius 1 is 1.56 bits per heavy atom. The highest BCUT2D eigenvalue weighted by atomic mass is 35.5. The number of ether oxygens (including phenoxy) is 1. The van der Waals surface area contributed by atoms with Crippen molar-refractivity contribution >= 4 is 17.5 Å².